The van der Waals surface area contributed by atoms with Gasteiger partial charge in [-0.3, -0.25) is 0 Å². The highest BCUT2D eigenvalue weighted by molar-refractivity contribution is 5.66. The lowest BCUT2D eigenvalue weighted by Gasteiger charge is -2.25. The summed E-state index contributed by atoms with van der Waals surface area (Å²) in [5, 5.41) is 9.56. The summed E-state index contributed by atoms with van der Waals surface area (Å²) in [7, 11) is 0. The van der Waals surface area contributed by atoms with Crippen LogP contribution in [0.4, 0.5) is 11.4 Å². The first-order valence-corrected chi connectivity index (χ1v) is 6.74. The van der Waals surface area contributed by atoms with Crippen LogP contribution in [0.15, 0.2) is 48.5 Å². The minimum absolute atomic E-state index is 0.414. The minimum atomic E-state index is -0.414. The highest BCUT2D eigenvalue weighted by Crippen LogP contribution is 2.28. The van der Waals surface area contributed by atoms with Crippen molar-refractivity contribution in [3.63, 3.8) is 0 Å². The molecule has 2 heteroatoms. The van der Waals surface area contributed by atoms with Gasteiger partial charge in [0.25, 0.3) is 0 Å². The van der Waals surface area contributed by atoms with E-state index in [-0.39, 0.29) is 0 Å². The molecule has 1 N–H and O–H groups in total. The maximum atomic E-state index is 9.56. The quantitative estimate of drug-likeness (QED) is 0.884. The Balaban J connectivity index is 2.35. The van der Waals surface area contributed by atoms with Gasteiger partial charge in [0, 0.05) is 17.9 Å². The Kier molecular flexibility index (Phi) is 4.23. The molecule has 2 aromatic rings. The van der Waals surface area contributed by atoms with Crippen LogP contribution in [0, 0.1) is 6.92 Å². The van der Waals surface area contributed by atoms with Gasteiger partial charge >= 0.3 is 0 Å². The molecular weight excluding hydrogens is 234 g/mol. The molecule has 1 atom stereocenters. The zero-order valence-corrected chi connectivity index (χ0v) is 11.8. The SMILES string of the molecule is CCN(c1ccc([C@H](C)O)cc1)c1ccccc1C. The lowest BCUT2D eigenvalue weighted by molar-refractivity contribution is 0.199. The number of hydrogen-bond acceptors (Lipinski definition) is 2. The molecule has 2 rings (SSSR count). The van der Waals surface area contributed by atoms with Crippen LogP contribution >= 0.6 is 0 Å². The Hall–Kier alpha value is -1.80. The van der Waals surface area contributed by atoms with E-state index >= 15 is 0 Å². The van der Waals surface area contributed by atoms with Crippen molar-refractivity contribution in [2.45, 2.75) is 26.9 Å². The molecule has 0 heterocycles. The van der Waals surface area contributed by atoms with Crippen LogP contribution in [0.2, 0.25) is 0 Å². The molecular formula is C17H21NO. The molecule has 0 aliphatic carbocycles. The van der Waals surface area contributed by atoms with Gasteiger partial charge in [-0.15, -0.1) is 0 Å². The van der Waals surface area contributed by atoms with Gasteiger partial charge in [0.2, 0.25) is 0 Å². The first-order chi connectivity index (χ1) is 9.13. The van der Waals surface area contributed by atoms with Crippen molar-refractivity contribution in [3.05, 3.63) is 59.7 Å². The summed E-state index contributed by atoms with van der Waals surface area (Å²) in [6.45, 7) is 6.98. The van der Waals surface area contributed by atoms with Crippen LogP contribution in [0.1, 0.15) is 31.1 Å². The molecule has 0 aliphatic rings. The molecule has 0 amide bonds. The topological polar surface area (TPSA) is 23.5 Å². The molecule has 0 aromatic heterocycles. The Morgan fingerprint density at radius 1 is 1.05 bits per heavy atom. The Morgan fingerprint density at radius 2 is 1.68 bits per heavy atom. The highest BCUT2D eigenvalue weighted by atomic mass is 16.3. The van der Waals surface area contributed by atoms with Gasteiger partial charge in [0.15, 0.2) is 0 Å². The molecule has 0 bridgehead atoms. The largest absolute Gasteiger partial charge is 0.389 e. The van der Waals surface area contributed by atoms with E-state index in [1.807, 2.05) is 12.1 Å². The van der Waals surface area contributed by atoms with Gasteiger partial charge in [-0.05, 0) is 50.1 Å². The first-order valence-electron chi connectivity index (χ1n) is 6.74. The number of nitrogens with zero attached hydrogens (tertiary/aromatic N) is 1. The number of aliphatic hydroxyl groups is 1. The van der Waals surface area contributed by atoms with Gasteiger partial charge in [-0.2, -0.15) is 0 Å². The summed E-state index contributed by atoms with van der Waals surface area (Å²) >= 11 is 0. The normalized spacial score (nSPS) is 12.2. The minimum Gasteiger partial charge on any atom is -0.389 e. The van der Waals surface area contributed by atoms with Gasteiger partial charge in [-0.1, -0.05) is 30.3 Å². The Bertz CT molecular complexity index is 531. The predicted molar refractivity (Wildman–Crippen MR) is 80.9 cm³/mol. The third kappa shape index (κ3) is 2.96. The zero-order chi connectivity index (χ0) is 13.8. The van der Waals surface area contributed by atoms with Gasteiger partial charge in [0.1, 0.15) is 0 Å². The molecule has 0 aliphatic heterocycles. The van der Waals surface area contributed by atoms with Crippen LogP contribution < -0.4 is 4.90 Å². The second-order valence-electron chi connectivity index (χ2n) is 4.80. The van der Waals surface area contributed by atoms with Crippen LogP contribution in [0.3, 0.4) is 0 Å². The van der Waals surface area contributed by atoms with Crippen molar-refractivity contribution in [2.75, 3.05) is 11.4 Å². The molecule has 0 spiro atoms. The second kappa shape index (κ2) is 5.89. The number of aliphatic hydroxyl groups excluding tert-OH is 1. The van der Waals surface area contributed by atoms with E-state index in [0.29, 0.717) is 0 Å². The monoisotopic (exact) mass is 255 g/mol. The van der Waals surface area contributed by atoms with Gasteiger partial charge in [0.05, 0.1) is 6.10 Å². The maximum Gasteiger partial charge on any atom is 0.0761 e. The van der Waals surface area contributed by atoms with E-state index in [2.05, 4.69) is 55.1 Å². The van der Waals surface area contributed by atoms with Crippen molar-refractivity contribution in [1.82, 2.24) is 0 Å². The molecule has 2 aromatic carbocycles. The molecule has 19 heavy (non-hydrogen) atoms. The van der Waals surface area contributed by atoms with Crippen LogP contribution in [-0.4, -0.2) is 11.7 Å². The van der Waals surface area contributed by atoms with Crippen molar-refractivity contribution < 1.29 is 5.11 Å². The first kappa shape index (κ1) is 13.6. The van der Waals surface area contributed by atoms with Crippen LogP contribution in [0.5, 0.6) is 0 Å². The molecule has 0 unspecified atom stereocenters. The smallest absolute Gasteiger partial charge is 0.0761 e. The molecule has 2 nitrogen and oxygen atoms in total. The van der Waals surface area contributed by atoms with E-state index in [9.17, 15) is 5.11 Å². The van der Waals surface area contributed by atoms with Gasteiger partial charge in [-0.25, -0.2) is 0 Å². The Morgan fingerprint density at radius 3 is 2.21 bits per heavy atom. The number of hydrogen-bond donors (Lipinski definition) is 1. The van der Waals surface area contributed by atoms with E-state index in [0.717, 1.165) is 17.8 Å². The zero-order valence-electron chi connectivity index (χ0n) is 11.8. The number of rotatable bonds is 4. The molecule has 0 radical (unpaired) electrons. The molecule has 0 saturated heterocycles. The van der Waals surface area contributed by atoms with Gasteiger partial charge < -0.3 is 10.0 Å². The average Bonchev–Trinajstić information content (AvgIpc) is 2.42. The lowest BCUT2D eigenvalue weighted by Crippen LogP contribution is -2.17. The fraction of sp³-hybridized carbons (Fsp3) is 0.294. The van der Waals surface area contributed by atoms with Crippen LogP contribution in [-0.2, 0) is 0 Å². The van der Waals surface area contributed by atoms with Crippen molar-refractivity contribution in [2.24, 2.45) is 0 Å². The number of aryl methyl sites for hydroxylation is 1. The third-order valence-corrected chi connectivity index (χ3v) is 3.41. The van der Waals surface area contributed by atoms with Crippen molar-refractivity contribution in [1.29, 1.82) is 0 Å². The third-order valence-electron chi connectivity index (χ3n) is 3.41. The summed E-state index contributed by atoms with van der Waals surface area (Å²) in [6.07, 6.45) is -0.414. The summed E-state index contributed by atoms with van der Waals surface area (Å²) in [4.78, 5) is 2.28. The second-order valence-corrected chi connectivity index (χ2v) is 4.80. The summed E-state index contributed by atoms with van der Waals surface area (Å²) in [5.74, 6) is 0. The highest BCUT2D eigenvalue weighted by Gasteiger charge is 2.09. The van der Waals surface area contributed by atoms with Crippen molar-refractivity contribution in [3.8, 4) is 0 Å². The van der Waals surface area contributed by atoms with E-state index in [1.165, 1.54) is 11.3 Å². The maximum absolute atomic E-state index is 9.56. The predicted octanol–water partition coefficient (Wildman–Crippen LogP) is 4.21. The summed E-state index contributed by atoms with van der Waals surface area (Å²) < 4.78 is 0. The molecule has 100 valence electrons. The van der Waals surface area contributed by atoms with Crippen LogP contribution in [0.25, 0.3) is 0 Å². The van der Waals surface area contributed by atoms with Crippen molar-refractivity contribution >= 4 is 11.4 Å². The number of para-hydroxylation sites is 1. The Labute approximate surface area is 115 Å². The standard InChI is InChI=1S/C17H21NO/c1-4-18(17-8-6-5-7-13(17)2)16-11-9-15(10-12-16)14(3)19/h5-12,14,19H,4H2,1-3H3/t14-/m0/s1. The number of anilines is 2. The number of benzene rings is 2. The average molecular weight is 255 g/mol. The fourth-order valence-electron chi connectivity index (χ4n) is 2.29. The van der Waals surface area contributed by atoms with E-state index < -0.39 is 6.10 Å². The lowest BCUT2D eigenvalue weighted by atomic mass is 10.1. The molecule has 0 saturated carbocycles. The summed E-state index contributed by atoms with van der Waals surface area (Å²) in [5.41, 5.74) is 4.60. The molecule has 0 fully saturated rings. The van der Waals surface area contributed by atoms with E-state index in [1.54, 1.807) is 6.92 Å². The summed E-state index contributed by atoms with van der Waals surface area (Å²) in [6, 6.07) is 16.5. The fourth-order valence-corrected chi connectivity index (χ4v) is 2.29. The van der Waals surface area contributed by atoms with E-state index in [4.69, 9.17) is 0 Å².